The molecule has 2 atom stereocenters. The average molecular weight is 461 g/mol. The van der Waals surface area contributed by atoms with Gasteiger partial charge in [-0.2, -0.15) is 0 Å². The van der Waals surface area contributed by atoms with Crippen LogP contribution in [0.25, 0.3) is 6.08 Å². The summed E-state index contributed by atoms with van der Waals surface area (Å²) in [6, 6.07) is 19.8. The van der Waals surface area contributed by atoms with Crippen LogP contribution < -0.4 is 0 Å². The molecule has 0 heterocycles. The highest BCUT2D eigenvalue weighted by molar-refractivity contribution is 5.49. The van der Waals surface area contributed by atoms with Gasteiger partial charge in [0.2, 0.25) is 0 Å². The molecule has 0 aliphatic heterocycles. The van der Waals surface area contributed by atoms with E-state index in [-0.39, 0.29) is 6.10 Å². The lowest BCUT2D eigenvalue weighted by Gasteiger charge is -2.28. The normalized spacial score (nSPS) is 20.4. The number of aryl methyl sites for hydroxylation is 1. The zero-order valence-electron chi connectivity index (χ0n) is 22.1. The Bertz CT molecular complexity index is 798. The van der Waals surface area contributed by atoms with Crippen LogP contribution in [0, 0.1) is 17.8 Å². The number of rotatable bonds is 14. The van der Waals surface area contributed by atoms with E-state index >= 15 is 0 Å². The predicted octanol–water partition coefficient (Wildman–Crippen LogP) is 9.82. The first-order valence-electron chi connectivity index (χ1n) is 14.0. The Labute approximate surface area is 210 Å². The van der Waals surface area contributed by atoms with Crippen molar-refractivity contribution in [3.8, 4) is 0 Å². The molecule has 0 radical (unpaired) electrons. The summed E-state index contributed by atoms with van der Waals surface area (Å²) in [5.74, 6) is 2.73. The van der Waals surface area contributed by atoms with E-state index in [1.54, 1.807) is 0 Å². The summed E-state index contributed by atoms with van der Waals surface area (Å²) in [7, 11) is 1.85. The summed E-state index contributed by atoms with van der Waals surface area (Å²) in [5, 5.41) is 0. The van der Waals surface area contributed by atoms with Gasteiger partial charge in [-0.3, -0.25) is 0 Å². The first-order valence-corrected chi connectivity index (χ1v) is 14.0. The molecule has 0 bridgehead atoms. The highest BCUT2D eigenvalue weighted by atomic mass is 16.5. The molecule has 186 valence electrons. The Morgan fingerprint density at radius 2 is 1.50 bits per heavy atom. The lowest BCUT2D eigenvalue weighted by Crippen LogP contribution is -2.15. The Hall–Kier alpha value is -1.86. The Morgan fingerprint density at radius 1 is 0.824 bits per heavy atom. The van der Waals surface area contributed by atoms with E-state index in [1.807, 2.05) is 7.11 Å². The van der Waals surface area contributed by atoms with Gasteiger partial charge in [0.1, 0.15) is 0 Å². The van der Waals surface area contributed by atoms with Crippen LogP contribution in [0.1, 0.15) is 107 Å². The van der Waals surface area contributed by atoms with E-state index in [0.29, 0.717) is 0 Å². The van der Waals surface area contributed by atoms with Gasteiger partial charge in [0, 0.05) is 7.11 Å². The first kappa shape index (κ1) is 26.7. The summed E-state index contributed by atoms with van der Waals surface area (Å²) in [4.78, 5) is 0. The van der Waals surface area contributed by atoms with Crippen LogP contribution in [0.4, 0.5) is 0 Å². The fourth-order valence-electron chi connectivity index (χ4n) is 5.76. The molecular formula is C33H48O. The van der Waals surface area contributed by atoms with Gasteiger partial charge in [0.15, 0.2) is 0 Å². The smallest absolute Gasteiger partial charge is 0.0821 e. The second-order valence-corrected chi connectivity index (χ2v) is 10.8. The van der Waals surface area contributed by atoms with Crippen molar-refractivity contribution in [3.05, 3.63) is 77.4 Å². The van der Waals surface area contributed by atoms with Crippen molar-refractivity contribution in [3.63, 3.8) is 0 Å². The molecule has 0 aromatic heterocycles. The number of methoxy groups -OCH3 is 1. The Kier molecular flexibility index (Phi) is 12.0. The van der Waals surface area contributed by atoms with Crippen molar-refractivity contribution in [1.82, 2.24) is 0 Å². The number of unbranched alkanes of at least 4 members (excludes halogenated alkanes) is 1. The van der Waals surface area contributed by atoms with Crippen molar-refractivity contribution >= 4 is 6.08 Å². The second kappa shape index (κ2) is 15.2. The molecule has 1 heteroatoms. The lowest BCUT2D eigenvalue weighted by atomic mass is 9.77. The molecule has 2 aromatic carbocycles. The number of benzene rings is 2. The van der Waals surface area contributed by atoms with Gasteiger partial charge in [-0.15, -0.1) is 0 Å². The quantitative estimate of drug-likeness (QED) is 0.255. The van der Waals surface area contributed by atoms with E-state index in [0.717, 1.165) is 24.2 Å². The fourth-order valence-corrected chi connectivity index (χ4v) is 5.76. The van der Waals surface area contributed by atoms with Crippen molar-refractivity contribution in [1.29, 1.82) is 0 Å². The first-order chi connectivity index (χ1) is 16.7. The van der Waals surface area contributed by atoms with E-state index in [1.165, 1.54) is 87.3 Å². The van der Waals surface area contributed by atoms with Crippen molar-refractivity contribution < 1.29 is 4.74 Å². The van der Waals surface area contributed by atoms with Crippen molar-refractivity contribution in [2.45, 2.75) is 97.0 Å². The summed E-state index contributed by atoms with van der Waals surface area (Å²) in [6.45, 7) is 4.51. The molecule has 1 saturated carbocycles. The van der Waals surface area contributed by atoms with Crippen molar-refractivity contribution in [2.75, 3.05) is 7.11 Å². The summed E-state index contributed by atoms with van der Waals surface area (Å²) < 4.78 is 5.75. The molecular weight excluding hydrogens is 412 g/mol. The Morgan fingerprint density at radius 3 is 2.15 bits per heavy atom. The molecule has 3 rings (SSSR count). The van der Waals surface area contributed by atoms with Crippen LogP contribution in [-0.2, 0) is 11.2 Å². The summed E-state index contributed by atoms with van der Waals surface area (Å²) in [6.07, 6.45) is 21.0. The lowest BCUT2D eigenvalue weighted by molar-refractivity contribution is 0.0893. The van der Waals surface area contributed by atoms with Crippen LogP contribution in [0.3, 0.4) is 0 Å². The van der Waals surface area contributed by atoms with E-state index in [4.69, 9.17) is 4.74 Å². The van der Waals surface area contributed by atoms with Gasteiger partial charge < -0.3 is 4.74 Å². The van der Waals surface area contributed by atoms with E-state index < -0.39 is 0 Å². The minimum absolute atomic E-state index is 0.247. The standard InChI is InChI=1S/C33H48O/c1-4-10-28-16-20-30(21-17-28)24-25-31-22-18-29(19-23-31)12-9-8-11-27(2)15-26-33(34-3)32-13-6-5-7-14-32/h4-7,10,13-14,16-17,20-21,27,29,31,33H,8-9,11-12,15,18-19,22-26H2,1-3H3/t27?,29-,31-,33?. The van der Waals surface area contributed by atoms with Crippen molar-refractivity contribution in [2.24, 2.45) is 17.8 Å². The minimum atomic E-state index is 0.247. The maximum absolute atomic E-state index is 5.75. The van der Waals surface area contributed by atoms with Gasteiger partial charge in [-0.25, -0.2) is 0 Å². The average Bonchev–Trinajstić information content (AvgIpc) is 2.88. The Balaban J connectivity index is 1.23. The number of ether oxygens (including phenoxy) is 1. The number of hydrogen-bond acceptors (Lipinski definition) is 1. The minimum Gasteiger partial charge on any atom is -0.377 e. The van der Waals surface area contributed by atoms with Crippen LogP contribution in [0.5, 0.6) is 0 Å². The molecule has 1 nitrogen and oxygen atoms in total. The third-order valence-corrected chi connectivity index (χ3v) is 8.08. The monoisotopic (exact) mass is 460 g/mol. The fraction of sp³-hybridized carbons (Fsp3) is 0.576. The molecule has 1 fully saturated rings. The zero-order chi connectivity index (χ0) is 24.0. The van der Waals surface area contributed by atoms with Gasteiger partial charge in [-0.05, 0) is 67.1 Å². The SMILES string of the molecule is CC=Cc1ccc(CC[C@H]2CC[C@H](CCCCC(C)CCC(OC)c3ccccc3)CC2)cc1. The molecule has 0 spiro atoms. The third-order valence-electron chi connectivity index (χ3n) is 8.08. The summed E-state index contributed by atoms with van der Waals surface area (Å²) in [5.41, 5.74) is 4.13. The van der Waals surface area contributed by atoms with Crippen LogP contribution in [0.15, 0.2) is 60.7 Å². The van der Waals surface area contributed by atoms with Gasteiger partial charge in [-0.1, -0.05) is 125 Å². The topological polar surface area (TPSA) is 9.23 Å². The van der Waals surface area contributed by atoms with E-state index in [2.05, 4.69) is 80.6 Å². The largest absolute Gasteiger partial charge is 0.377 e. The molecule has 2 aromatic rings. The van der Waals surface area contributed by atoms with Crippen LogP contribution >= 0.6 is 0 Å². The molecule has 1 aliphatic rings. The molecule has 2 unspecified atom stereocenters. The molecule has 0 N–H and O–H groups in total. The van der Waals surface area contributed by atoms with Gasteiger partial charge in [0.25, 0.3) is 0 Å². The highest BCUT2D eigenvalue weighted by Crippen LogP contribution is 2.34. The maximum atomic E-state index is 5.75. The predicted molar refractivity (Wildman–Crippen MR) is 148 cm³/mol. The van der Waals surface area contributed by atoms with Crippen LogP contribution in [0.2, 0.25) is 0 Å². The highest BCUT2D eigenvalue weighted by Gasteiger charge is 2.21. The summed E-state index contributed by atoms with van der Waals surface area (Å²) >= 11 is 0. The second-order valence-electron chi connectivity index (χ2n) is 10.8. The third kappa shape index (κ3) is 9.41. The van der Waals surface area contributed by atoms with Crippen LogP contribution in [-0.4, -0.2) is 7.11 Å². The maximum Gasteiger partial charge on any atom is 0.0821 e. The number of allylic oxidation sites excluding steroid dienone is 1. The zero-order valence-corrected chi connectivity index (χ0v) is 22.1. The number of hydrogen-bond donors (Lipinski definition) is 0. The molecule has 34 heavy (non-hydrogen) atoms. The molecule has 0 saturated heterocycles. The van der Waals surface area contributed by atoms with E-state index in [9.17, 15) is 0 Å². The molecule has 0 amide bonds. The van der Waals surface area contributed by atoms with Gasteiger partial charge in [0.05, 0.1) is 6.10 Å². The van der Waals surface area contributed by atoms with Gasteiger partial charge >= 0.3 is 0 Å². The molecule has 1 aliphatic carbocycles.